The summed E-state index contributed by atoms with van der Waals surface area (Å²) in [4.78, 5) is 92.9. The molecule has 6 heterocycles. The average molecular weight is 1040 g/mol. The highest BCUT2D eigenvalue weighted by Crippen LogP contribution is 2.55. The SMILES string of the molecule is CC1(C)C2=CCNC(=O)C2(c2ccccc2)Cc2cnoc21.[C-]#[N+]C1=C[C@@]2(c3ccccc3)C(=O)N(c3ccncn3)CC=C2C(C)(C)C1=O.[C-]#[N+]C1=C[C@]2(c3ccccc3)C(=O)N(c3ccncn3)CC=C2C(C)(C)C1=O. The molecule has 1 N–H and O–H groups in total. The zero-order chi connectivity index (χ0) is 55.3. The number of ketones is 2. The van der Waals surface area contributed by atoms with E-state index in [9.17, 15) is 24.0 Å². The van der Waals surface area contributed by atoms with Gasteiger partial charge in [0.05, 0.1) is 19.3 Å². The molecule has 388 valence electrons. The largest absolute Gasteiger partial charge is 0.360 e. The number of benzene rings is 3. The van der Waals surface area contributed by atoms with Gasteiger partial charge in [0.15, 0.2) is 11.6 Å². The summed E-state index contributed by atoms with van der Waals surface area (Å²) < 4.78 is 5.51. The highest BCUT2D eigenvalue weighted by atomic mass is 16.5. The molecule has 3 aromatic heterocycles. The molecule has 6 aliphatic rings. The van der Waals surface area contributed by atoms with E-state index in [1.807, 2.05) is 103 Å². The van der Waals surface area contributed by atoms with E-state index in [4.69, 9.17) is 17.7 Å². The summed E-state index contributed by atoms with van der Waals surface area (Å²) in [5, 5.41) is 6.99. The first-order valence-electron chi connectivity index (χ1n) is 25.4. The molecule has 6 aromatic rings. The zero-order valence-corrected chi connectivity index (χ0v) is 43.9. The lowest BCUT2D eigenvalue weighted by atomic mass is 9.56. The highest BCUT2D eigenvalue weighted by Gasteiger charge is 2.59. The van der Waals surface area contributed by atoms with Crippen LogP contribution in [0.25, 0.3) is 9.69 Å². The molecule has 3 atom stereocenters. The van der Waals surface area contributed by atoms with Crippen LogP contribution in [-0.2, 0) is 52.1 Å². The van der Waals surface area contributed by atoms with E-state index in [0.717, 1.165) is 33.6 Å². The number of hydrogen-bond acceptors (Lipinski definition) is 11. The summed E-state index contributed by atoms with van der Waals surface area (Å²) in [5.74, 6) is 0.938. The normalized spacial score (nSPS) is 24.1. The van der Waals surface area contributed by atoms with Gasteiger partial charge >= 0.3 is 0 Å². The van der Waals surface area contributed by atoms with Crippen LogP contribution in [-0.4, -0.2) is 74.0 Å². The fraction of sp³-hybridized carbons (Fsp3) is 0.258. The minimum Gasteiger partial charge on any atom is -0.360 e. The lowest BCUT2D eigenvalue weighted by Crippen LogP contribution is -2.57. The van der Waals surface area contributed by atoms with Crippen molar-refractivity contribution >= 4 is 40.9 Å². The van der Waals surface area contributed by atoms with E-state index in [1.165, 1.54) is 24.8 Å². The molecule has 3 aromatic carbocycles. The third kappa shape index (κ3) is 7.93. The van der Waals surface area contributed by atoms with Crippen molar-refractivity contribution in [3.63, 3.8) is 0 Å². The number of aromatic nitrogens is 5. The van der Waals surface area contributed by atoms with E-state index in [1.54, 1.807) is 68.2 Å². The van der Waals surface area contributed by atoms with Gasteiger partial charge in [-0.15, -0.1) is 0 Å². The first kappa shape index (κ1) is 51.9. The zero-order valence-electron chi connectivity index (χ0n) is 43.9. The fourth-order valence-corrected chi connectivity index (χ4v) is 12.4. The van der Waals surface area contributed by atoms with Crippen molar-refractivity contribution in [2.75, 3.05) is 29.4 Å². The lowest BCUT2D eigenvalue weighted by molar-refractivity contribution is -0.127. The smallest absolute Gasteiger partial charge is 0.245 e. The molecule has 0 radical (unpaired) electrons. The number of amides is 3. The van der Waals surface area contributed by atoms with Crippen molar-refractivity contribution in [2.45, 2.75) is 69.6 Å². The van der Waals surface area contributed by atoms with Gasteiger partial charge in [-0.3, -0.25) is 24.2 Å². The first-order valence-corrected chi connectivity index (χ1v) is 25.4. The van der Waals surface area contributed by atoms with Crippen LogP contribution in [0.2, 0.25) is 0 Å². The van der Waals surface area contributed by atoms with Crippen LogP contribution in [0.5, 0.6) is 0 Å². The van der Waals surface area contributed by atoms with Gasteiger partial charge in [-0.05, 0) is 65.8 Å². The van der Waals surface area contributed by atoms with E-state index < -0.39 is 27.1 Å². The van der Waals surface area contributed by atoms with Crippen molar-refractivity contribution < 1.29 is 28.5 Å². The van der Waals surface area contributed by atoms with Crippen molar-refractivity contribution in [3.05, 3.63) is 244 Å². The van der Waals surface area contributed by atoms with Gasteiger partial charge in [-0.2, -0.15) is 0 Å². The molecule has 3 amide bonds. The Kier molecular flexibility index (Phi) is 13.0. The summed E-state index contributed by atoms with van der Waals surface area (Å²) in [6.07, 6.45) is 17.3. The highest BCUT2D eigenvalue weighted by molar-refractivity contribution is 6.15. The van der Waals surface area contributed by atoms with Crippen molar-refractivity contribution in [1.82, 2.24) is 30.4 Å². The summed E-state index contributed by atoms with van der Waals surface area (Å²) in [6, 6.07) is 32.0. The molecule has 3 aliphatic carbocycles. The molecule has 0 saturated carbocycles. The van der Waals surface area contributed by atoms with Crippen molar-refractivity contribution in [2.24, 2.45) is 10.8 Å². The second-order valence-corrected chi connectivity index (χ2v) is 21.3. The van der Waals surface area contributed by atoms with Gasteiger partial charge in [0.25, 0.3) is 0 Å². The average Bonchev–Trinajstić information content (AvgIpc) is 3.46. The van der Waals surface area contributed by atoms with Gasteiger partial charge in [0.2, 0.25) is 29.1 Å². The summed E-state index contributed by atoms with van der Waals surface area (Å²) in [5.41, 5.74) is 0.628. The standard InChI is InChI=1S/2C22H18N4O2.C18H18N2O2/c2*1-21(2)17-10-12-26(18-9-11-24-14-25-18)20(28)22(17,13-16(23-3)19(21)27)15-7-5-4-6-8-15;1-17(2)14-8-9-19-16(21)18(14,13-6-4-3-5-7-13)10-12-11-20-22-15(12)17/h2*4-11,13-14H,12H2,1-2H3;3-8,11H,9-10H2,1-2H3,(H,19,21)/t2*22-;/m10./s1. The van der Waals surface area contributed by atoms with Gasteiger partial charge < -0.3 is 19.4 Å². The molecule has 0 fully saturated rings. The van der Waals surface area contributed by atoms with Gasteiger partial charge in [-0.1, -0.05) is 154 Å². The van der Waals surface area contributed by atoms with Crippen LogP contribution >= 0.6 is 0 Å². The minimum atomic E-state index is -1.22. The number of fused-ring (bicyclic) bond motifs is 4. The van der Waals surface area contributed by atoms with Gasteiger partial charge in [-0.25, -0.2) is 29.6 Å². The molecule has 1 unspecified atom stereocenters. The Morgan fingerprint density at radius 1 is 0.564 bits per heavy atom. The van der Waals surface area contributed by atoms with Gasteiger partial charge in [0.1, 0.15) is 46.3 Å². The molecule has 12 rings (SSSR count). The number of anilines is 2. The van der Waals surface area contributed by atoms with Gasteiger partial charge in [0, 0.05) is 53.8 Å². The van der Waals surface area contributed by atoms with Crippen LogP contribution in [0.15, 0.2) is 197 Å². The molecular weight excluding hydrogens is 981 g/mol. The quantitative estimate of drug-likeness (QED) is 0.128. The third-order valence-electron chi connectivity index (χ3n) is 16.0. The predicted molar refractivity (Wildman–Crippen MR) is 291 cm³/mol. The number of hydrogen-bond donors (Lipinski definition) is 1. The van der Waals surface area contributed by atoms with Crippen LogP contribution in [0, 0.1) is 24.0 Å². The maximum Gasteiger partial charge on any atom is 0.245 e. The Morgan fingerprint density at radius 2 is 1.01 bits per heavy atom. The topological polar surface area (TPSA) is 190 Å². The summed E-state index contributed by atoms with van der Waals surface area (Å²) >= 11 is 0. The third-order valence-corrected chi connectivity index (χ3v) is 16.0. The second kappa shape index (κ2) is 19.5. The fourth-order valence-electron chi connectivity index (χ4n) is 12.4. The molecular formula is C62H54N10O6. The first-order chi connectivity index (χ1) is 37.4. The molecule has 0 bridgehead atoms. The number of carbonyl (C=O) groups is 5. The number of rotatable bonds is 5. The van der Waals surface area contributed by atoms with Crippen molar-refractivity contribution in [3.8, 4) is 0 Å². The number of Topliss-reactive ketones (excluding diaryl/α,β-unsaturated/α-hetero) is 2. The Balaban J connectivity index is 0.000000133. The minimum absolute atomic E-state index is 0.0103. The second-order valence-electron chi connectivity index (χ2n) is 21.3. The van der Waals surface area contributed by atoms with E-state index >= 15 is 0 Å². The van der Waals surface area contributed by atoms with Crippen molar-refractivity contribution in [1.29, 1.82) is 0 Å². The Bertz CT molecular complexity index is 3490. The molecule has 0 saturated heterocycles. The number of allylic oxidation sites excluding steroid dienone is 2. The predicted octanol–water partition coefficient (Wildman–Crippen LogP) is 8.70. The van der Waals surface area contributed by atoms with E-state index in [-0.39, 0.29) is 46.1 Å². The van der Waals surface area contributed by atoms with E-state index in [2.05, 4.69) is 60.0 Å². The van der Waals surface area contributed by atoms with Crippen LogP contribution in [0.4, 0.5) is 11.6 Å². The Morgan fingerprint density at radius 3 is 1.44 bits per heavy atom. The number of nitrogens with one attached hydrogen (secondary N) is 1. The van der Waals surface area contributed by atoms with Crippen LogP contribution < -0.4 is 15.1 Å². The molecule has 3 aliphatic heterocycles. The summed E-state index contributed by atoms with van der Waals surface area (Å²) in [6.45, 7) is 27.5. The molecule has 16 nitrogen and oxygen atoms in total. The molecule has 0 spiro atoms. The van der Waals surface area contributed by atoms with Crippen LogP contribution in [0.3, 0.4) is 0 Å². The molecule has 16 heteroatoms. The monoisotopic (exact) mass is 1030 g/mol. The Hall–Kier alpha value is -9.54. The Labute approximate surface area is 451 Å². The maximum atomic E-state index is 13.9. The lowest BCUT2D eigenvalue weighted by Gasteiger charge is -2.48. The maximum absolute atomic E-state index is 13.9. The number of nitrogens with zero attached hydrogens (tertiary/aromatic N) is 9. The number of carbonyl (C=O) groups excluding carboxylic acids is 5. The molecule has 78 heavy (non-hydrogen) atoms. The van der Waals surface area contributed by atoms with E-state index in [0.29, 0.717) is 48.8 Å². The van der Waals surface area contributed by atoms with Crippen LogP contribution in [0.1, 0.15) is 69.6 Å². The summed E-state index contributed by atoms with van der Waals surface area (Å²) in [7, 11) is 0.